The molecule has 0 radical (unpaired) electrons. The Labute approximate surface area is 209 Å². The maximum atomic E-state index is 6.12. The van der Waals surface area contributed by atoms with Crippen LogP contribution in [0.4, 0.5) is 0 Å². The van der Waals surface area contributed by atoms with Gasteiger partial charge in [0.15, 0.2) is 0 Å². The van der Waals surface area contributed by atoms with Crippen molar-refractivity contribution in [3.63, 3.8) is 0 Å². The molecule has 2 nitrogen and oxygen atoms in total. The van der Waals surface area contributed by atoms with Crippen molar-refractivity contribution in [1.82, 2.24) is 4.90 Å². The predicted octanol–water partition coefficient (Wildman–Crippen LogP) is 7.77. The van der Waals surface area contributed by atoms with Crippen molar-refractivity contribution in [1.29, 1.82) is 0 Å². The van der Waals surface area contributed by atoms with E-state index in [2.05, 4.69) is 117 Å². The van der Waals surface area contributed by atoms with Gasteiger partial charge in [-0.2, -0.15) is 0 Å². The molecule has 0 saturated carbocycles. The average molecular weight is 470 g/mol. The third-order valence-electron chi connectivity index (χ3n) is 6.71. The summed E-state index contributed by atoms with van der Waals surface area (Å²) >= 11 is 1.78. The van der Waals surface area contributed by atoms with Gasteiger partial charge in [0.05, 0.1) is 0 Å². The van der Waals surface area contributed by atoms with Crippen LogP contribution in [-0.2, 0) is 0 Å². The van der Waals surface area contributed by atoms with Gasteiger partial charge in [-0.25, -0.2) is 0 Å². The van der Waals surface area contributed by atoms with E-state index in [0.29, 0.717) is 6.61 Å². The second kappa shape index (κ2) is 11.6. The van der Waals surface area contributed by atoms with Crippen LogP contribution < -0.4 is 4.74 Å². The van der Waals surface area contributed by atoms with Crippen LogP contribution in [0.25, 0.3) is 10.8 Å². The molecule has 0 amide bonds. The SMILES string of the molecule is CCN(CC)CCOc1ccc(C(c2ccc(SC)cc2)c2cccc3ccccc23)c(C)c1. The van der Waals surface area contributed by atoms with E-state index in [0.717, 1.165) is 25.4 Å². The second-order valence-corrected chi connectivity index (χ2v) is 9.55. The molecule has 3 heteroatoms. The quantitative estimate of drug-likeness (QED) is 0.174. The van der Waals surface area contributed by atoms with Gasteiger partial charge in [-0.3, -0.25) is 0 Å². The minimum absolute atomic E-state index is 0.159. The van der Waals surface area contributed by atoms with Gasteiger partial charge in [0.25, 0.3) is 0 Å². The van der Waals surface area contributed by atoms with Crippen LogP contribution in [0.2, 0.25) is 0 Å². The molecule has 4 aromatic carbocycles. The first-order chi connectivity index (χ1) is 16.6. The first-order valence-corrected chi connectivity index (χ1v) is 13.4. The molecule has 176 valence electrons. The molecule has 0 heterocycles. The topological polar surface area (TPSA) is 12.5 Å². The Kier molecular flexibility index (Phi) is 8.31. The van der Waals surface area contributed by atoms with Gasteiger partial charge >= 0.3 is 0 Å². The van der Waals surface area contributed by atoms with Crippen molar-refractivity contribution < 1.29 is 4.74 Å². The Morgan fingerprint density at radius 1 is 0.824 bits per heavy atom. The minimum atomic E-state index is 0.159. The summed E-state index contributed by atoms with van der Waals surface area (Å²) in [4.78, 5) is 3.67. The van der Waals surface area contributed by atoms with Crippen molar-refractivity contribution >= 4 is 22.5 Å². The highest BCUT2D eigenvalue weighted by Gasteiger charge is 2.21. The van der Waals surface area contributed by atoms with Crippen LogP contribution >= 0.6 is 11.8 Å². The minimum Gasteiger partial charge on any atom is -0.492 e. The summed E-state index contributed by atoms with van der Waals surface area (Å²) < 4.78 is 6.12. The van der Waals surface area contributed by atoms with E-state index in [-0.39, 0.29) is 5.92 Å². The molecule has 0 fully saturated rings. The van der Waals surface area contributed by atoms with Crippen LogP contribution in [0.5, 0.6) is 5.75 Å². The van der Waals surface area contributed by atoms with Gasteiger partial charge in [0, 0.05) is 17.4 Å². The fraction of sp³-hybridized carbons (Fsp3) is 0.290. The Bertz CT molecular complexity index is 1210. The van der Waals surface area contributed by atoms with Gasteiger partial charge in [-0.15, -0.1) is 11.8 Å². The van der Waals surface area contributed by atoms with E-state index < -0.39 is 0 Å². The highest BCUT2D eigenvalue weighted by molar-refractivity contribution is 7.98. The zero-order valence-corrected chi connectivity index (χ0v) is 21.6. The molecular formula is C31H35NOS. The Balaban J connectivity index is 1.72. The maximum absolute atomic E-state index is 6.12. The van der Waals surface area contributed by atoms with Gasteiger partial charge in [-0.05, 0) is 83.6 Å². The Morgan fingerprint density at radius 3 is 2.26 bits per heavy atom. The number of thioether (sulfide) groups is 1. The molecule has 0 aliphatic heterocycles. The van der Waals surface area contributed by atoms with Gasteiger partial charge < -0.3 is 9.64 Å². The standard InChI is InChI=1S/C31H35NOS/c1-5-32(6-2)20-21-33-26-16-19-28(23(3)22-26)31(25-14-17-27(34-4)18-15-25)30-13-9-11-24-10-7-8-12-29(24)30/h7-19,22,31H,5-6,20-21H2,1-4H3. The molecule has 1 unspecified atom stereocenters. The van der Waals surface area contributed by atoms with E-state index in [1.165, 1.54) is 37.9 Å². The van der Waals surface area contributed by atoms with Crippen LogP contribution in [0, 0.1) is 6.92 Å². The molecule has 0 N–H and O–H groups in total. The monoisotopic (exact) mass is 469 g/mol. The summed E-state index contributed by atoms with van der Waals surface area (Å²) in [5.74, 6) is 1.11. The summed E-state index contributed by atoms with van der Waals surface area (Å²) in [5.41, 5.74) is 5.23. The van der Waals surface area contributed by atoms with E-state index in [1.807, 2.05) is 0 Å². The van der Waals surface area contributed by atoms with Crippen molar-refractivity contribution in [2.75, 3.05) is 32.5 Å². The van der Waals surface area contributed by atoms with Crippen LogP contribution in [0.15, 0.2) is 89.8 Å². The Hall–Kier alpha value is -2.75. The number of fused-ring (bicyclic) bond motifs is 1. The molecule has 34 heavy (non-hydrogen) atoms. The largest absolute Gasteiger partial charge is 0.492 e. The third kappa shape index (κ3) is 5.48. The molecule has 0 bridgehead atoms. The molecule has 0 spiro atoms. The fourth-order valence-electron chi connectivity index (χ4n) is 4.72. The first-order valence-electron chi connectivity index (χ1n) is 12.2. The number of nitrogens with zero attached hydrogens (tertiary/aromatic N) is 1. The molecule has 4 aromatic rings. The van der Waals surface area contributed by atoms with E-state index in [9.17, 15) is 0 Å². The lowest BCUT2D eigenvalue weighted by Crippen LogP contribution is -2.27. The van der Waals surface area contributed by atoms with Crippen molar-refractivity contribution in [2.45, 2.75) is 31.6 Å². The smallest absolute Gasteiger partial charge is 0.119 e. The number of ether oxygens (including phenoxy) is 1. The lowest BCUT2D eigenvalue weighted by molar-refractivity contribution is 0.222. The van der Waals surface area contributed by atoms with Crippen molar-refractivity contribution in [2.24, 2.45) is 0 Å². The van der Waals surface area contributed by atoms with Crippen molar-refractivity contribution in [3.05, 3.63) is 107 Å². The number of hydrogen-bond acceptors (Lipinski definition) is 3. The summed E-state index contributed by atoms with van der Waals surface area (Å²) in [5, 5.41) is 2.59. The molecular weight excluding hydrogens is 434 g/mol. The average Bonchev–Trinajstić information content (AvgIpc) is 2.88. The van der Waals surface area contributed by atoms with Crippen molar-refractivity contribution in [3.8, 4) is 5.75 Å². The highest BCUT2D eigenvalue weighted by Crippen LogP contribution is 2.39. The lowest BCUT2D eigenvalue weighted by atomic mass is 9.81. The van der Waals surface area contributed by atoms with E-state index in [4.69, 9.17) is 4.74 Å². The summed E-state index contributed by atoms with van der Waals surface area (Å²) in [6.07, 6.45) is 2.13. The normalized spacial score (nSPS) is 12.3. The van der Waals surface area contributed by atoms with E-state index in [1.54, 1.807) is 11.8 Å². The van der Waals surface area contributed by atoms with Gasteiger partial charge in [0.1, 0.15) is 12.4 Å². The number of benzene rings is 4. The maximum Gasteiger partial charge on any atom is 0.119 e. The second-order valence-electron chi connectivity index (χ2n) is 8.67. The zero-order valence-electron chi connectivity index (χ0n) is 20.8. The first kappa shape index (κ1) is 24.4. The number of rotatable bonds is 10. The van der Waals surface area contributed by atoms with Crippen LogP contribution in [0.1, 0.15) is 42.0 Å². The highest BCUT2D eigenvalue weighted by atomic mass is 32.2. The summed E-state index contributed by atoms with van der Waals surface area (Å²) in [6.45, 7) is 10.4. The Morgan fingerprint density at radius 2 is 1.56 bits per heavy atom. The molecule has 1 atom stereocenters. The van der Waals surface area contributed by atoms with Crippen LogP contribution in [-0.4, -0.2) is 37.4 Å². The number of hydrogen-bond donors (Lipinski definition) is 0. The fourth-order valence-corrected chi connectivity index (χ4v) is 5.13. The molecule has 0 aromatic heterocycles. The lowest BCUT2D eigenvalue weighted by Gasteiger charge is -2.23. The number of likely N-dealkylation sites (N-methyl/N-ethyl adjacent to an activating group) is 1. The molecule has 0 aliphatic carbocycles. The summed E-state index contributed by atoms with van der Waals surface area (Å²) in [7, 11) is 0. The summed E-state index contributed by atoms with van der Waals surface area (Å²) in [6, 6.07) is 31.0. The van der Waals surface area contributed by atoms with Crippen LogP contribution in [0.3, 0.4) is 0 Å². The number of aryl methyl sites for hydroxylation is 1. The van der Waals surface area contributed by atoms with Gasteiger partial charge in [0.2, 0.25) is 0 Å². The zero-order chi connectivity index (χ0) is 23.9. The third-order valence-corrected chi connectivity index (χ3v) is 7.45. The van der Waals surface area contributed by atoms with E-state index >= 15 is 0 Å². The molecule has 0 saturated heterocycles. The molecule has 4 rings (SSSR count). The van der Waals surface area contributed by atoms with Gasteiger partial charge in [-0.1, -0.05) is 74.5 Å². The molecule has 0 aliphatic rings. The predicted molar refractivity (Wildman–Crippen MR) is 148 cm³/mol.